The lowest BCUT2D eigenvalue weighted by Gasteiger charge is -2.28. The van der Waals surface area contributed by atoms with Crippen LogP contribution in [-0.4, -0.2) is 4.57 Å². The summed E-state index contributed by atoms with van der Waals surface area (Å²) in [6, 6.07) is 71.1. The molecule has 0 fully saturated rings. The summed E-state index contributed by atoms with van der Waals surface area (Å²) in [6.07, 6.45) is 0. The number of hydrogen-bond acceptors (Lipinski definition) is 1. The van der Waals surface area contributed by atoms with Gasteiger partial charge in [0.15, 0.2) is 0 Å². The van der Waals surface area contributed by atoms with Crippen LogP contribution in [0.2, 0.25) is 0 Å². The third-order valence-corrected chi connectivity index (χ3v) is 11.5. The molecule has 0 radical (unpaired) electrons. The molecule has 54 heavy (non-hydrogen) atoms. The Hall–Kier alpha value is -6.64. The zero-order valence-corrected chi connectivity index (χ0v) is 30.6. The van der Waals surface area contributed by atoms with Crippen LogP contribution in [0.3, 0.4) is 0 Å². The number of aromatic nitrogens is 1. The number of nitrogens with zero attached hydrogens (tertiary/aromatic N) is 2. The molecule has 0 aliphatic heterocycles. The van der Waals surface area contributed by atoms with Crippen LogP contribution in [-0.2, 0) is 12.0 Å². The molecular formula is C52H40N2. The maximum atomic E-state index is 2.47. The molecule has 1 aliphatic carbocycles. The highest BCUT2D eigenvalue weighted by Crippen LogP contribution is 2.50. The van der Waals surface area contributed by atoms with Gasteiger partial charge in [-0.25, -0.2) is 0 Å². The molecule has 0 bridgehead atoms. The molecule has 0 unspecified atom stereocenters. The molecule has 2 nitrogen and oxygen atoms in total. The lowest BCUT2D eigenvalue weighted by Crippen LogP contribution is -2.19. The van der Waals surface area contributed by atoms with Crippen LogP contribution in [0.1, 0.15) is 30.5 Å². The van der Waals surface area contributed by atoms with Crippen molar-refractivity contribution in [1.29, 1.82) is 0 Å². The van der Waals surface area contributed by atoms with Crippen molar-refractivity contribution in [3.63, 3.8) is 0 Å². The fraction of sp³-hybridized carbons (Fsp3) is 0.0769. The van der Waals surface area contributed by atoms with E-state index in [1.54, 1.807) is 0 Å². The summed E-state index contributed by atoms with van der Waals surface area (Å²) in [5.74, 6) is 0. The van der Waals surface area contributed by atoms with E-state index in [9.17, 15) is 0 Å². The van der Waals surface area contributed by atoms with Gasteiger partial charge in [-0.3, -0.25) is 0 Å². The van der Waals surface area contributed by atoms with E-state index >= 15 is 0 Å². The fourth-order valence-electron chi connectivity index (χ4n) is 8.65. The monoisotopic (exact) mass is 692 g/mol. The Kier molecular flexibility index (Phi) is 7.59. The summed E-state index contributed by atoms with van der Waals surface area (Å²) in [7, 11) is 0. The summed E-state index contributed by atoms with van der Waals surface area (Å²) in [5, 5.41) is 2.53. The van der Waals surface area contributed by atoms with Crippen molar-refractivity contribution in [1.82, 2.24) is 4.57 Å². The first kappa shape index (κ1) is 32.0. The molecule has 1 heterocycles. The summed E-state index contributed by atoms with van der Waals surface area (Å²) < 4.78 is 2.37. The van der Waals surface area contributed by atoms with Gasteiger partial charge in [0, 0.05) is 39.8 Å². The van der Waals surface area contributed by atoms with Crippen LogP contribution in [0.15, 0.2) is 194 Å². The smallest absolute Gasteiger partial charge is 0.0541 e. The van der Waals surface area contributed by atoms with Crippen molar-refractivity contribution in [3.05, 3.63) is 211 Å². The highest BCUT2D eigenvalue weighted by Gasteiger charge is 2.35. The number of fused-ring (bicyclic) bond motifs is 6. The molecule has 10 rings (SSSR count). The van der Waals surface area contributed by atoms with E-state index in [0.29, 0.717) is 0 Å². The molecule has 1 aromatic heterocycles. The lowest BCUT2D eigenvalue weighted by atomic mass is 9.82. The van der Waals surface area contributed by atoms with Gasteiger partial charge in [0.1, 0.15) is 0 Å². The van der Waals surface area contributed by atoms with E-state index in [4.69, 9.17) is 0 Å². The minimum atomic E-state index is -0.0723. The quantitative estimate of drug-likeness (QED) is 0.161. The number of rotatable bonds is 7. The largest absolute Gasteiger partial charge is 0.337 e. The maximum absolute atomic E-state index is 2.47. The van der Waals surface area contributed by atoms with Gasteiger partial charge in [-0.1, -0.05) is 153 Å². The van der Waals surface area contributed by atoms with Crippen LogP contribution in [0, 0.1) is 0 Å². The highest BCUT2D eigenvalue weighted by atomic mass is 15.1. The molecule has 0 saturated carbocycles. The molecule has 0 amide bonds. The normalized spacial score (nSPS) is 12.9. The van der Waals surface area contributed by atoms with Crippen molar-refractivity contribution in [2.24, 2.45) is 0 Å². The Morgan fingerprint density at radius 2 is 1.00 bits per heavy atom. The molecule has 1 aliphatic rings. The topological polar surface area (TPSA) is 8.17 Å². The fourth-order valence-corrected chi connectivity index (χ4v) is 8.65. The first-order valence-corrected chi connectivity index (χ1v) is 18.9. The predicted octanol–water partition coefficient (Wildman–Crippen LogP) is 13.8. The highest BCUT2D eigenvalue weighted by molar-refractivity contribution is 6.10. The third kappa shape index (κ3) is 5.33. The molecule has 258 valence electrons. The van der Waals surface area contributed by atoms with E-state index in [1.165, 1.54) is 88.9 Å². The Balaban J connectivity index is 1.04. The van der Waals surface area contributed by atoms with Crippen LogP contribution in [0.5, 0.6) is 0 Å². The van der Waals surface area contributed by atoms with Gasteiger partial charge < -0.3 is 9.47 Å². The maximum Gasteiger partial charge on any atom is 0.0541 e. The molecule has 0 saturated heterocycles. The van der Waals surface area contributed by atoms with E-state index < -0.39 is 0 Å². The SMILES string of the molecule is CC1(C)c2ccccc2-c2ccc(N(Cc3ccc(-c4ccccc4)cc3)c3ccc(-c4ccc5c(c4)c4ccccc4n5-c4ccccc4)cc3)cc21. The Labute approximate surface area is 317 Å². The molecule has 0 N–H and O–H groups in total. The van der Waals surface area contributed by atoms with Gasteiger partial charge in [0.05, 0.1) is 11.0 Å². The third-order valence-electron chi connectivity index (χ3n) is 11.5. The van der Waals surface area contributed by atoms with E-state index in [1.807, 2.05) is 0 Å². The summed E-state index contributed by atoms with van der Waals surface area (Å²) in [6.45, 7) is 5.47. The van der Waals surface area contributed by atoms with Gasteiger partial charge in [-0.05, 0) is 105 Å². The number of benzene rings is 8. The van der Waals surface area contributed by atoms with Gasteiger partial charge in [-0.2, -0.15) is 0 Å². The Bertz CT molecular complexity index is 2790. The minimum absolute atomic E-state index is 0.0723. The summed E-state index contributed by atoms with van der Waals surface area (Å²) in [5.41, 5.74) is 17.5. The number of anilines is 2. The average molecular weight is 693 g/mol. The van der Waals surface area contributed by atoms with Crippen molar-refractivity contribution in [2.75, 3.05) is 4.90 Å². The van der Waals surface area contributed by atoms with E-state index in [-0.39, 0.29) is 5.41 Å². The van der Waals surface area contributed by atoms with Crippen LogP contribution in [0.25, 0.3) is 60.9 Å². The van der Waals surface area contributed by atoms with Crippen LogP contribution >= 0.6 is 0 Å². The van der Waals surface area contributed by atoms with Crippen molar-refractivity contribution < 1.29 is 0 Å². The number of hydrogen-bond donors (Lipinski definition) is 0. The second-order valence-electron chi connectivity index (χ2n) is 15.0. The molecule has 8 aromatic carbocycles. The van der Waals surface area contributed by atoms with Crippen molar-refractivity contribution >= 4 is 33.2 Å². The summed E-state index contributed by atoms with van der Waals surface area (Å²) >= 11 is 0. The van der Waals surface area contributed by atoms with Gasteiger partial charge in [-0.15, -0.1) is 0 Å². The molecular weight excluding hydrogens is 653 g/mol. The Morgan fingerprint density at radius 3 is 1.80 bits per heavy atom. The van der Waals surface area contributed by atoms with E-state index in [2.05, 4.69) is 217 Å². The molecule has 9 aromatic rings. The van der Waals surface area contributed by atoms with Crippen molar-refractivity contribution in [2.45, 2.75) is 25.8 Å². The van der Waals surface area contributed by atoms with Crippen molar-refractivity contribution in [3.8, 4) is 39.1 Å². The molecule has 0 spiro atoms. The average Bonchev–Trinajstić information content (AvgIpc) is 3.68. The second kappa shape index (κ2) is 12.8. The first-order valence-electron chi connectivity index (χ1n) is 18.9. The van der Waals surface area contributed by atoms with Crippen LogP contribution in [0.4, 0.5) is 11.4 Å². The zero-order valence-electron chi connectivity index (χ0n) is 30.6. The Morgan fingerprint density at radius 1 is 0.426 bits per heavy atom. The standard InChI is InChI=1S/C52H40N2/c1-52(2)48-19-11-9-17-44(48)45-31-30-43(34-49(45)52)53(35-36-21-23-38(24-22-36)37-13-5-3-6-14-37)41-28-25-39(26-29-41)40-27-32-51-47(33-40)46-18-10-12-20-50(46)54(51)42-15-7-4-8-16-42/h3-34H,35H2,1-2H3. The first-order chi connectivity index (χ1) is 26.5. The lowest BCUT2D eigenvalue weighted by molar-refractivity contribution is 0.660. The van der Waals surface area contributed by atoms with Gasteiger partial charge in [0.2, 0.25) is 0 Å². The predicted molar refractivity (Wildman–Crippen MR) is 228 cm³/mol. The minimum Gasteiger partial charge on any atom is -0.337 e. The summed E-state index contributed by atoms with van der Waals surface area (Å²) in [4.78, 5) is 2.47. The number of para-hydroxylation sites is 2. The van der Waals surface area contributed by atoms with Gasteiger partial charge >= 0.3 is 0 Å². The molecule has 2 heteroatoms. The second-order valence-corrected chi connectivity index (χ2v) is 15.0. The van der Waals surface area contributed by atoms with Gasteiger partial charge in [0.25, 0.3) is 0 Å². The molecule has 0 atom stereocenters. The van der Waals surface area contributed by atoms with Crippen LogP contribution < -0.4 is 4.90 Å². The van der Waals surface area contributed by atoms with E-state index in [0.717, 1.165) is 6.54 Å². The zero-order chi connectivity index (χ0) is 36.2.